The minimum absolute atomic E-state index is 0.143. The molecule has 2 heterocycles. The minimum Gasteiger partial charge on any atom is -0.460 e. The molecule has 0 bridgehead atoms. The van der Waals surface area contributed by atoms with E-state index < -0.39 is 5.97 Å². The van der Waals surface area contributed by atoms with Gasteiger partial charge in [0.1, 0.15) is 5.82 Å². The van der Waals surface area contributed by atoms with E-state index in [1.54, 1.807) is 19.1 Å². The van der Waals surface area contributed by atoms with Crippen molar-refractivity contribution < 1.29 is 18.3 Å². The van der Waals surface area contributed by atoms with E-state index in [9.17, 15) is 9.18 Å². The van der Waals surface area contributed by atoms with Crippen LogP contribution in [0.5, 0.6) is 0 Å². The third-order valence-corrected chi connectivity index (χ3v) is 2.70. The number of hydrogen-bond acceptors (Lipinski definition) is 3. The number of carbonyl (C=O) groups is 1. The zero-order chi connectivity index (χ0) is 12.7. The van der Waals surface area contributed by atoms with E-state index in [0.29, 0.717) is 23.2 Å². The Hall–Kier alpha value is -2.30. The van der Waals surface area contributed by atoms with Crippen LogP contribution in [-0.4, -0.2) is 17.6 Å². The molecule has 0 fully saturated rings. The largest absolute Gasteiger partial charge is 0.460 e. The summed E-state index contributed by atoms with van der Waals surface area (Å²) in [4.78, 5) is 14.5. The SMILES string of the molecule is CCOC(=O)c1cc2[nH]c3cc(F)ccc3c2o1. The van der Waals surface area contributed by atoms with E-state index in [1.807, 2.05) is 0 Å². The number of ether oxygens (including phenoxy) is 1. The quantitative estimate of drug-likeness (QED) is 0.707. The minimum atomic E-state index is -0.502. The maximum Gasteiger partial charge on any atom is 0.374 e. The molecule has 0 saturated carbocycles. The van der Waals surface area contributed by atoms with E-state index in [2.05, 4.69) is 4.98 Å². The Balaban J connectivity index is 2.16. The highest BCUT2D eigenvalue weighted by atomic mass is 19.1. The van der Waals surface area contributed by atoms with Crippen LogP contribution < -0.4 is 0 Å². The summed E-state index contributed by atoms with van der Waals surface area (Å²) < 4.78 is 23.4. The molecule has 0 aliphatic carbocycles. The van der Waals surface area contributed by atoms with Gasteiger partial charge < -0.3 is 14.1 Å². The van der Waals surface area contributed by atoms with Crippen LogP contribution >= 0.6 is 0 Å². The molecule has 0 saturated heterocycles. The highest BCUT2D eigenvalue weighted by Gasteiger charge is 2.16. The first-order chi connectivity index (χ1) is 8.69. The Bertz CT molecular complexity index is 741. The summed E-state index contributed by atoms with van der Waals surface area (Å²) in [7, 11) is 0. The van der Waals surface area contributed by atoms with Gasteiger partial charge in [-0.15, -0.1) is 0 Å². The number of aromatic nitrogens is 1. The van der Waals surface area contributed by atoms with E-state index in [4.69, 9.17) is 9.15 Å². The summed E-state index contributed by atoms with van der Waals surface area (Å²) in [5.41, 5.74) is 1.82. The second-order valence-corrected chi connectivity index (χ2v) is 3.89. The van der Waals surface area contributed by atoms with Crippen molar-refractivity contribution in [1.29, 1.82) is 0 Å². The van der Waals surface area contributed by atoms with Crippen LogP contribution in [-0.2, 0) is 4.74 Å². The number of hydrogen-bond donors (Lipinski definition) is 1. The lowest BCUT2D eigenvalue weighted by Gasteiger charge is -1.96. The number of halogens is 1. The van der Waals surface area contributed by atoms with E-state index in [1.165, 1.54) is 12.1 Å². The molecule has 0 unspecified atom stereocenters. The smallest absolute Gasteiger partial charge is 0.374 e. The zero-order valence-corrected chi connectivity index (χ0v) is 9.62. The first-order valence-corrected chi connectivity index (χ1v) is 5.57. The van der Waals surface area contributed by atoms with Crippen molar-refractivity contribution in [2.24, 2.45) is 0 Å². The fourth-order valence-corrected chi connectivity index (χ4v) is 1.95. The van der Waals surface area contributed by atoms with Crippen LogP contribution in [0.1, 0.15) is 17.5 Å². The molecule has 0 amide bonds. The van der Waals surface area contributed by atoms with Crippen molar-refractivity contribution in [2.45, 2.75) is 6.92 Å². The Morgan fingerprint density at radius 2 is 2.22 bits per heavy atom. The second-order valence-electron chi connectivity index (χ2n) is 3.89. The molecule has 92 valence electrons. The third kappa shape index (κ3) is 1.55. The molecule has 4 nitrogen and oxygen atoms in total. The van der Waals surface area contributed by atoms with Crippen molar-refractivity contribution in [3.05, 3.63) is 35.8 Å². The Morgan fingerprint density at radius 3 is 3.00 bits per heavy atom. The highest BCUT2D eigenvalue weighted by molar-refractivity contribution is 6.06. The van der Waals surface area contributed by atoms with Gasteiger partial charge in [-0.1, -0.05) is 0 Å². The number of aromatic amines is 1. The van der Waals surface area contributed by atoms with Crippen molar-refractivity contribution >= 4 is 28.0 Å². The van der Waals surface area contributed by atoms with Gasteiger partial charge in [0.25, 0.3) is 0 Å². The molecule has 3 aromatic rings. The predicted octanol–water partition coefficient (Wildman–Crippen LogP) is 3.23. The number of carbonyl (C=O) groups excluding carboxylic acids is 1. The van der Waals surface area contributed by atoms with E-state index in [-0.39, 0.29) is 11.6 Å². The number of H-pyrrole nitrogens is 1. The van der Waals surface area contributed by atoms with Crippen LogP contribution in [0.25, 0.3) is 22.0 Å². The number of rotatable bonds is 2. The Labute approximate surface area is 101 Å². The standard InChI is InChI=1S/C13H10FNO3/c1-2-17-13(16)11-6-10-12(18-11)8-4-3-7(14)5-9(8)15-10/h3-6,15H,2H2,1H3. The normalized spacial score (nSPS) is 11.2. The molecular formula is C13H10FNO3. The molecule has 1 N–H and O–H groups in total. The zero-order valence-electron chi connectivity index (χ0n) is 9.62. The summed E-state index contributed by atoms with van der Waals surface area (Å²) >= 11 is 0. The molecule has 0 radical (unpaired) electrons. The first-order valence-electron chi connectivity index (χ1n) is 5.57. The van der Waals surface area contributed by atoms with Gasteiger partial charge in [-0.3, -0.25) is 0 Å². The van der Waals surface area contributed by atoms with Crippen LogP contribution in [0.3, 0.4) is 0 Å². The number of nitrogens with one attached hydrogen (secondary N) is 1. The Morgan fingerprint density at radius 1 is 1.39 bits per heavy atom. The molecule has 0 aliphatic heterocycles. The molecule has 0 aliphatic rings. The molecule has 5 heteroatoms. The average molecular weight is 247 g/mol. The second kappa shape index (κ2) is 3.87. The molecule has 2 aromatic heterocycles. The van der Waals surface area contributed by atoms with Gasteiger partial charge in [0.2, 0.25) is 5.76 Å². The maximum absolute atomic E-state index is 13.1. The monoisotopic (exact) mass is 247 g/mol. The summed E-state index contributed by atoms with van der Waals surface area (Å²) in [6.07, 6.45) is 0. The summed E-state index contributed by atoms with van der Waals surface area (Å²) in [5, 5.41) is 0.738. The lowest BCUT2D eigenvalue weighted by atomic mass is 10.2. The summed E-state index contributed by atoms with van der Waals surface area (Å²) in [5.74, 6) is -0.682. The lowest BCUT2D eigenvalue weighted by molar-refractivity contribution is 0.0493. The van der Waals surface area contributed by atoms with Crippen LogP contribution in [0.4, 0.5) is 4.39 Å². The number of benzene rings is 1. The van der Waals surface area contributed by atoms with Gasteiger partial charge in [0.05, 0.1) is 17.6 Å². The van der Waals surface area contributed by atoms with Gasteiger partial charge >= 0.3 is 5.97 Å². The first kappa shape index (κ1) is 10.8. The average Bonchev–Trinajstić information content (AvgIpc) is 2.85. The number of fused-ring (bicyclic) bond motifs is 3. The van der Waals surface area contributed by atoms with Crippen molar-refractivity contribution in [2.75, 3.05) is 6.61 Å². The van der Waals surface area contributed by atoms with Gasteiger partial charge in [-0.05, 0) is 25.1 Å². The third-order valence-electron chi connectivity index (χ3n) is 2.70. The molecule has 1 aromatic carbocycles. The number of esters is 1. The predicted molar refractivity (Wildman–Crippen MR) is 64.0 cm³/mol. The van der Waals surface area contributed by atoms with Crippen LogP contribution in [0.15, 0.2) is 28.7 Å². The van der Waals surface area contributed by atoms with E-state index >= 15 is 0 Å². The number of furan rings is 1. The molecule has 3 rings (SSSR count). The highest BCUT2D eigenvalue weighted by Crippen LogP contribution is 2.28. The van der Waals surface area contributed by atoms with Gasteiger partial charge in [-0.25, -0.2) is 9.18 Å². The van der Waals surface area contributed by atoms with Gasteiger partial charge in [0, 0.05) is 11.5 Å². The van der Waals surface area contributed by atoms with Crippen LogP contribution in [0, 0.1) is 5.82 Å². The van der Waals surface area contributed by atoms with Crippen LogP contribution in [0.2, 0.25) is 0 Å². The molecular weight excluding hydrogens is 237 g/mol. The fourth-order valence-electron chi connectivity index (χ4n) is 1.95. The maximum atomic E-state index is 13.1. The van der Waals surface area contributed by atoms with Crippen molar-refractivity contribution in [3.8, 4) is 0 Å². The van der Waals surface area contributed by atoms with Crippen molar-refractivity contribution in [3.63, 3.8) is 0 Å². The van der Waals surface area contributed by atoms with Gasteiger partial charge in [0.15, 0.2) is 5.58 Å². The lowest BCUT2D eigenvalue weighted by Crippen LogP contribution is -2.02. The molecule has 18 heavy (non-hydrogen) atoms. The molecule has 0 spiro atoms. The van der Waals surface area contributed by atoms with E-state index in [0.717, 1.165) is 5.39 Å². The Kier molecular flexibility index (Phi) is 2.33. The van der Waals surface area contributed by atoms with Crippen molar-refractivity contribution in [1.82, 2.24) is 4.98 Å². The fraction of sp³-hybridized carbons (Fsp3) is 0.154. The summed E-state index contributed by atoms with van der Waals surface area (Å²) in [6, 6.07) is 5.91. The topological polar surface area (TPSA) is 55.2 Å². The van der Waals surface area contributed by atoms with Gasteiger partial charge in [-0.2, -0.15) is 0 Å². The molecule has 0 atom stereocenters. The summed E-state index contributed by atoms with van der Waals surface area (Å²) in [6.45, 7) is 2.02.